The van der Waals surface area contributed by atoms with Crippen molar-refractivity contribution in [2.45, 2.75) is 6.54 Å². The number of methoxy groups -OCH3 is 1. The van der Waals surface area contributed by atoms with Gasteiger partial charge in [0, 0.05) is 26.4 Å². The molecule has 0 aromatic carbocycles. The summed E-state index contributed by atoms with van der Waals surface area (Å²) in [7, 11) is 1.57. The number of aromatic carboxylic acids is 1. The molecule has 19 heavy (non-hydrogen) atoms. The predicted octanol–water partition coefficient (Wildman–Crippen LogP) is -0.368. The van der Waals surface area contributed by atoms with Crippen molar-refractivity contribution in [2.24, 2.45) is 0 Å². The lowest BCUT2D eigenvalue weighted by Crippen LogP contribution is -2.35. The summed E-state index contributed by atoms with van der Waals surface area (Å²) in [6, 6.07) is 3.09. The first-order valence-corrected chi connectivity index (χ1v) is 5.78. The molecule has 1 aromatic heterocycles. The van der Waals surface area contributed by atoms with Gasteiger partial charge in [-0.15, -0.1) is 0 Å². The molecule has 0 radical (unpaired) electrons. The number of carboxylic acids is 1. The summed E-state index contributed by atoms with van der Waals surface area (Å²) in [6.45, 7) is 1.52. The number of nitrogens with one attached hydrogen (secondary N) is 2. The molecule has 0 saturated heterocycles. The van der Waals surface area contributed by atoms with E-state index in [4.69, 9.17) is 9.84 Å². The van der Waals surface area contributed by atoms with Crippen LogP contribution in [0, 0.1) is 0 Å². The Kier molecular flexibility index (Phi) is 6.48. The van der Waals surface area contributed by atoms with E-state index in [1.54, 1.807) is 13.2 Å². The Balaban J connectivity index is 2.25. The number of carbonyl (C=O) groups excluding carboxylic acids is 1. The van der Waals surface area contributed by atoms with E-state index in [-0.39, 0.29) is 18.0 Å². The smallest absolute Gasteiger partial charge is 0.337 e. The quantitative estimate of drug-likeness (QED) is 0.556. The highest BCUT2D eigenvalue weighted by atomic mass is 16.5. The van der Waals surface area contributed by atoms with E-state index in [0.717, 1.165) is 0 Å². The second-order valence-electron chi connectivity index (χ2n) is 3.79. The molecule has 0 aliphatic heterocycles. The topological polar surface area (TPSA) is 101 Å². The SMILES string of the molecule is COCCNC(=O)CNCc1ccc(C(=O)O)cn1. The first-order valence-electron chi connectivity index (χ1n) is 5.78. The van der Waals surface area contributed by atoms with Crippen LogP contribution in [-0.4, -0.2) is 48.8 Å². The maximum absolute atomic E-state index is 11.3. The third-order valence-electron chi connectivity index (χ3n) is 2.29. The molecule has 1 aromatic rings. The second kappa shape index (κ2) is 8.17. The van der Waals surface area contributed by atoms with Crippen LogP contribution in [-0.2, 0) is 16.1 Å². The van der Waals surface area contributed by atoms with Crippen molar-refractivity contribution >= 4 is 11.9 Å². The average Bonchev–Trinajstić information content (AvgIpc) is 2.39. The zero-order chi connectivity index (χ0) is 14.1. The van der Waals surface area contributed by atoms with Crippen molar-refractivity contribution in [3.8, 4) is 0 Å². The van der Waals surface area contributed by atoms with Crippen LogP contribution in [0.15, 0.2) is 18.3 Å². The zero-order valence-corrected chi connectivity index (χ0v) is 10.7. The molecular formula is C12H17N3O4. The van der Waals surface area contributed by atoms with Crippen molar-refractivity contribution < 1.29 is 19.4 Å². The van der Waals surface area contributed by atoms with E-state index in [1.165, 1.54) is 12.3 Å². The first-order chi connectivity index (χ1) is 9.13. The van der Waals surface area contributed by atoms with Crippen LogP contribution < -0.4 is 10.6 Å². The number of pyridine rings is 1. The highest BCUT2D eigenvalue weighted by molar-refractivity contribution is 5.87. The monoisotopic (exact) mass is 267 g/mol. The minimum atomic E-state index is -1.01. The van der Waals surface area contributed by atoms with Crippen LogP contribution in [0.5, 0.6) is 0 Å². The highest BCUT2D eigenvalue weighted by Gasteiger charge is 2.03. The van der Waals surface area contributed by atoms with E-state index in [2.05, 4.69) is 15.6 Å². The van der Waals surface area contributed by atoms with Crippen molar-refractivity contribution in [2.75, 3.05) is 26.8 Å². The largest absolute Gasteiger partial charge is 0.478 e. The van der Waals surface area contributed by atoms with Crippen LogP contribution >= 0.6 is 0 Å². The Labute approximate surface area is 111 Å². The second-order valence-corrected chi connectivity index (χ2v) is 3.79. The molecule has 1 heterocycles. The molecule has 0 aliphatic rings. The van der Waals surface area contributed by atoms with Gasteiger partial charge in [0.25, 0.3) is 0 Å². The van der Waals surface area contributed by atoms with Gasteiger partial charge in [0.05, 0.1) is 24.4 Å². The molecule has 0 unspecified atom stereocenters. The Morgan fingerprint density at radius 3 is 2.79 bits per heavy atom. The summed E-state index contributed by atoms with van der Waals surface area (Å²) in [5.74, 6) is -1.14. The summed E-state index contributed by atoms with van der Waals surface area (Å²) in [6.07, 6.45) is 1.29. The van der Waals surface area contributed by atoms with Crippen LogP contribution in [0.4, 0.5) is 0 Å². The van der Waals surface area contributed by atoms with Crippen molar-refractivity contribution in [3.05, 3.63) is 29.6 Å². The van der Waals surface area contributed by atoms with E-state index >= 15 is 0 Å². The van der Waals surface area contributed by atoms with Gasteiger partial charge in [-0.2, -0.15) is 0 Å². The average molecular weight is 267 g/mol. The number of amides is 1. The summed E-state index contributed by atoms with van der Waals surface area (Å²) >= 11 is 0. The summed E-state index contributed by atoms with van der Waals surface area (Å²) in [4.78, 5) is 25.9. The molecule has 0 aliphatic carbocycles. The lowest BCUT2D eigenvalue weighted by atomic mass is 10.2. The summed E-state index contributed by atoms with van der Waals surface area (Å²) in [5, 5.41) is 14.3. The predicted molar refractivity (Wildman–Crippen MR) is 67.8 cm³/mol. The number of ether oxygens (including phenoxy) is 1. The lowest BCUT2D eigenvalue weighted by molar-refractivity contribution is -0.120. The lowest BCUT2D eigenvalue weighted by Gasteiger charge is -2.06. The standard InChI is InChI=1S/C12H17N3O4/c1-19-5-4-14-11(16)8-13-7-10-3-2-9(6-15-10)12(17)18/h2-3,6,13H,4-5,7-8H2,1H3,(H,14,16)(H,17,18). The van der Waals surface area contributed by atoms with Gasteiger partial charge in [-0.3, -0.25) is 9.78 Å². The molecule has 0 atom stereocenters. The first kappa shape index (κ1) is 15.1. The Hall–Kier alpha value is -1.99. The van der Waals surface area contributed by atoms with Gasteiger partial charge >= 0.3 is 5.97 Å². The van der Waals surface area contributed by atoms with Crippen molar-refractivity contribution in [1.29, 1.82) is 0 Å². The van der Waals surface area contributed by atoms with Crippen LogP contribution in [0.3, 0.4) is 0 Å². The van der Waals surface area contributed by atoms with Gasteiger partial charge in [-0.05, 0) is 12.1 Å². The number of nitrogens with zero attached hydrogens (tertiary/aromatic N) is 1. The molecule has 0 spiro atoms. The van der Waals surface area contributed by atoms with E-state index in [1.807, 2.05) is 0 Å². The molecule has 1 amide bonds. The Morgan fingerprint density at radius 1 is 1.42 bits per heavy atom. The zero-order valence-electron chi connectivity index (χ0n) is 10.7. The van der Waals surface area contributed by atoms with Gasteiger partial charge in [-0.25, -0.2) is 4.79 Å². The number of aromatic nitrogens is 1. The number of carbonyl (C=O) groups is 2. The normalized spacial score (nSPS) is 10.2. The molecule has 0 saturated carbocycles. The minimum Gasteiger partial charge on any atom is -0.478 e. The summed E-state index contributed by atoms with van der Waals surface area (Å²) < 4.78 is 4.80. The van der Waals surface area contributed by atoms with Gasteiger partial charge in [-0.1, -0.05) is 0 Å². The van der Waals surface area contributed by atoms with E-state index in [0.29, 0.717) is 25.4 Å². The fourth-order valence-electron chi connectivity index (χ4n) is 1.31. The van der Waals surface area contributed by atoms with Crippen molar-refractivity contribution in [3.63, 3.8) is 0 Å². The molecule has 1 rings (SSSR count). The fraction of sp³-hybridized carbons (Fsp3) is 0.417. The maximum Gasteiger partial charge on any atom is 0.337 e. The number of hydrogen-bond donors (Lipinski definition) is 3. The maximum atomic E-state index is 11.3. The molecule has 104 valence electrons. The number of hydrogen-bond acceptors (Lipinski definition) is 5. The van der Waals surface area contributed by atoms with E-state index in [9.17, 15) is 9.59 Å². The summed E-state index contributed by atoms with van der Waals surface area (Å²) in [5.41, 5.74) is 0.816. The van der Waals surface area contributed by atoms with Crippen molar-refractivity contribution in [1.82, 2.24) is 15.6 Å². The molecule has 0 fully saturated rings. The van der Waals surface area contributed by atoms with Crippen LogP contribution in [0.25, 0.3) is 0 Å². The van der Waals surface area contributed by atoms with Gasteiger partial charge in [0.15, 0.2) is 0 Å². The third-order valence-corrected chi connectivity index (χ3v) is 2.29. The Bertz CT molecular complexity index is 419. The van der Waals surface area contributed by atoms with E-state index < -0.39 is 5.97 Å². The Morgan fingerprint density at radius 2 is 2.21 bits per heavy atom. The number of carboxylic acid groups (broad SMARTS) is 1. The third kappa shape index (κ3) is 5.94. The van der Waals surface area contributed by atoms with Crippen LogP contribution in [0.1, 0.15) is 16.1 Å². The van der Waals surface area contributed by atoms with Gasteiger partial charge in [0.1, 0.15) is 0 Å². The minimum absolute atomic E-state index is 0.126. The molecular weight excluding hydrogens is 250 g/mol. The van der Waals surface area contributed by atoms with Gasteiger partial charge in [0.2, 0.25) is 5.91 Å². The van der Waals surface area contributed by atoms with Gasteiger partial charge < -0.3 is 20.5 Å². The molecule has 7 nitrogen and oxygen atoms in total. The number of rotatable bonds is 8. The molecule has 7 heteroatoms. The fourth-order valence-corrected chi connectivity index (χ4v) is 1.31. The van der Waals surface area contributed by atoms with Crippen LogP contribution in [0.2, 0.25) is 0 Å². The molecule has 3 N–H and O–H groups in total. The molecule has 0 bridgehead atoms. The highest BCUT2D eigenvalue weighted by Crippen LogP contribution is 1.99.